The topological polar surface area (TPSA) is 99.4 Å². The van der Waals surface area contributed by atoms with Crippen molar-refractivity contribution in [2.45, 2.75) is 26.4 Å². The highest BCUT2D eigenvalue weighted by atomic mass is 16.5. The predicted octanol–water partition coefficient (Wildman–Crippen LogP) is -1.21. The number of hydrogen-bond acceptors (Lipinski definition) is 6. The van der Waals surface area contributed by atoms with E-state index in [2.05, 4.69) is 0 Å². The highest BCUT2D eigenvalue weighted by Gasteiger charge is 2.27. The standard InChI is InChI=1S/2C8H9BO3/c2*10-4-6-1-2-8-7(3-6)5-12-9(8)11/h2*1-3,10-11H,4-5H2. The lowest BCUT2D eigenvalue weighted by molar-refractivity contribution is 0.273. The van der Waals surface area contributed by atoms with E-state index in [4.69, 9.17) is 19.5 Å². The molecule has 0 aliphatic carbocycles. The van der Waals surface area contributed by atoms with Gasteiger partial charge in [0.2, 0.25) is 0 Å². The quantitative estimate of drug-likeness (QED) is 0.517. The summed E-state index contributed by atoms with van der Waals surface area (Å²) in [6.45, 7) is 0.932. The Morgan fingerprint density at radius 1 is 0.750 bits per heavy atom. The molecule has 6 nitrogen and oxygen atoms in total. The minimum absolute atomic E-state index is 0.0311. The monoisotopic (exact) mass is 328 g/mol. The Morgan fingerprint density at radius 2 is 1.17 bits per heavy atom. The fraction of sp³-hybridized carbons (Fsp3) is 0.250. The van der Waals surface area contributed by atoms with Crippen LogP contribution >= 0.6 is 0 Å². The number of aliphatic hydroxyl groups is 2. The molecule has 4 rings (SSSR count). The second-order valence-corrected chi connectivity index (χ2v) is 5.71. The summed E-state index contributed by atoms with van der Waals surface area (Å²) < 4.78 is 9.99. The summed E-state index contributed by atoms with van der Waals surface area (Å²) in [7, 11) is -1.57. The minimum atomic E-state index is -0.784. The SMILES string of the molecule is OCc1ccc2c(c1)COB2O.OCc1ccc2c(c1)COB2O. The fourth-order valence-corrected chi connectivity index (χ4v) is 2.76. The van der Waals surface area contributed by atoms with E-state index in [0.717, 1.165) is 33.2 Å². The molecule has 24 heavy (non-hydrogen) atoms. The molecule has 8 heteroatoms. The lowest BCUT2D eigenvalue weighted by Gasteiger charge is -1.99. The van der Waals surface area contributed by atoms with Gasteiger partial charge in [-0.25, -0.2) is 0 Å². The lowest BCUT2D eigenvalue weighted by atomic mass is 9.79. The predicted molar refractivity (Wildman–Crippen MR) is 89.5 cm³/mol. The zero-order chi connectivity index (χ0) is 17.1. The largest absolute Gasteiger partial charge is 0.491 e. The lowest BCUT2D eigenvalue weighted by Crippen LogP contribution is -2.27. The maximum Gasteiger partial charge on any atom is 0.491 e. The molecule has 0 saturated heterocycles. The van der Waals surface area contributed by atoms with Crippen molar-refractivity contribution in [2.75, 3.05) is 0 Å². The van der Waals surface area contributed by atoms with Gasteiger partial charge in [0.15, 0.2) is 0 Å². The summed E-state index contributed by atoms with van der Waals surface area (Å²) in [6, 6.07) is 10.9. The smallest absolute Gasteiger partial charge is 0.423 e. The van der Waals surface area contributed by atoms with E-state index in [1.165, 1.54) is 0 Å². The first-order valence-corrected chi connectivity index (χ1v) is 7.67. The van der Waals surface area contributed by atoms with Crippen molar-refractivity contribution < 1.29 is 29.6 Å². The number of benzene rings is 2. The Hall–Kier alpha value is -1.67. The van der Waals surface area contributed by atoms with Crippen molar-refractivity contribution in [2.24, 2.45) is 0 Å². The molecule has 2 aromatic carbocycles. The normalized spacial score (nSPS) is 15.0. The van der Waals surface area contributed by atoms with E-state index in [1.807, 2.05) is 12.1 Å². The van der Waals surface area contributed by atoms with Crippen molar-refractivity contribution in [3.05, 3.63) is 58.7 Å². The Morgan fingerprint density at radius 3 is 1.54 bits per heavy atom. The van der Waals surface area contributed by atoms with Gasteiger partial charge in [-0.05, 0) is 33.2 Å². The molecule has 0 radical (unpaired) electrons. The van der Waals surface area contributed by atoms with Gasteiger partial charge in [0.1, 0.15) is 0 Å². The van der Waals surface area contributed by atoms with Crippen LogP contribution in [0.2, 0.25) is 0 Å². The first-order valence-electron chi connectivity index (χ1n) is 7.67. The summed E-state index contributed by atoms with van der Waals surface area (Å²) in [5.41, 5.74) is 5.26. The molecule has 2 heterocycles. The van der Waals surface area contributed by atoms with Gasteiger partial charge in [-0.3, -0.25) is 0 Å². The van der Waals surface area contributed by atoms with Gasteiger partial charge >= 0.3 is 14.2 Å². The third-order valence-corrected chi connectivity index (χ3v) is 4.11. The van der Waals surface area contributed by atoms with Crippen molar-refractivity contribution in [3.63, 3.8) is 0 Å². The van der Waals surface area contributed by atoms with Crippen LogP contribution in [0.4, 0.5) is 0 Å². The first-order chi connectivity index (χ1) is 11.6. The molecular formula is C16H18B2O6. The highest BCUT2D eigenvalue weighted by molar-refractivity contribution is 6.61. The first kappa shape index (κ1) is 17.2. The second-order valence-electron chi connectivity index (χ2n) is 5.71. The number of rotatable bonds is 2. The maximum atomic E-state index is 9.26. The van der Waals surface area contributed by atoms with Crippen LogP contribution < -0.4 is 10.9 Å². The van der Waals surface area contributed by atoms with Crippen LogP contribution in [0, 0.1) is 0 Å². The van der Waals surface area contributed by atoms with Gasteiger partial charge in [-0.1, -0.05) is 36.4 Å². The van der Waals surface area contributed by atoms with E-state index in [9.17, 15) is 10.0 Å². The average Bonchev–Trinajstić information content (AvgIpc) is 3.18. The van der Waals surface area contributed by atoms with Crippen molar-refractivity contribution in [3.8, 4) is 0 Å². The molecule has 0 atom stereocenters. The zero-order valence-electron chi connectivity index (χ0n) is 13.1. The third kappa shape index (κ3) is 3.54. The Balaban J connectivity index is 0.000000141. The van der Waals surface area contributed by atoms with Crippen molar-refractivity contribution in [1.82, 2.24) is 0 Å². The Kier molecular flexibility index (Phi) is 5.35. The number of fused-ring (bicyclic) bond motifs is 2. The molecule has 2 aromatic rings. The van der Waals surface area contributed by atoms with E-state index in [1.54, 1.807) is 24.3 Å². The van der Waals surface area contributed by atoms with Crippen LogP contribution in [-0.4, -0.2) is 34.5 Å². The molecule has 0 amide bonds. The van der Waals surface area contributed by atoms with Crippen LogP contribution in [-0.2, 0) is 35.7 Å². The summed E-state index contributed by atoms with van der Waals surface area (Å²) in [5.74, 6) is 0. The van der Waals surface area contributed by atoms with Crippen LogP contribution in [0.3, 0.4) is 0 Å². The molecule has 0 spiro atoms. The highest BCUT2D eigenvalue weighted by Crippen LogP contribution is 2.12. The summed E-state index contributed by atoms with van der Waals surface area (Å²) >= 11 is 0. The molecule has 2 aliphatic rings. The molecule has 0 saturated carbocycles. The van der Waals surface area contributed by atoms with Crippen LogP contribution in [0.1, 0.15) is 22.3 Å². The van der Waals surface area contributed by atoms with Crippen molar-refractivity contribution >= 4 is 25.2 Å². The summed E-state index contributed by atoms with van der Waals surface area (Å²) in [4.78, 5) is 0. The van der Waals surface area contributed by atoms with E-state index in [0.29, 0.717) is 13.2 Å². The van der Waals surface area contributed by atoms with E-state index in [-0.39, 0.29) is 13.2 Å². The molecular weight excluding hydrogens is 310 g/mol. The molecule has 0 bridgehead atoms. The van der Waals surface area contributed by atoms with Gasteiger partial charge in [0.25, 0.3) is 0 Å². The van der Waals surface area contributed by atoms with E-state index < -0.39 is 14.2 Å². The van der Waals surface area contributed by atoms with Gasteiger partial charge in [-0.15, -0.1) is 0 Å². The van der Waals surface area contributed by atoms with Crippen LogP contribution in [0.25, 0.3) is 0 Å². The fourth-order valence-electron chi connectivity index (χ4n) is 2.76. The summed E-state index contributed by atoms with van der Waals surface area (Å²) in [5, 5.41) is 36.2. The number of aliphatic hydroxyl groups excluding tert-OH is 2. The molecule has 0 aromatic heterocycles. The third-order valence-electron chi connectivity index (χ3n) is 4.11. The second kappa shape index (κ2) is 7.48. The minimum Gasteiger partial charge on any atom is -0.423 e. The Bertz CT molecular complexity index is 662. The Labute approximate surface area is 140 Å². The average molecular weight is 328 g/mol. The number of hydrogen-bond donors (Lipinski definition) is 4. The van der Waals surface area contributed by atoms with Gasteiger partial charge in [0.05, 0.1) is 26.4 Å². The van der Waals surface area contributed by atoms with Crippen LogP contribution in [0.15, 0.2) is 36.4 Å². The molecule has 0 unspecified atom stereocenters. The van der Waals surface area contributed by atoms with Gasteiger partial charge < -0.3 is 29.6 Å². The molecule has 0 fully saturated rings. The summed E-state index contributed by atoms with van der Waals surface area (Å²) in [6.07, 6.45) is 0. The molecule has 124 valence electrons. The van der Waals surface area contributed by atoms with Crippen molar-refractivity contribution in [1.29, 1.82) is 0 Å². The molecule has 4 N–H and O–H groups in total. The van der Waals surface area contributed by atoms with E-state index >= 15 is 0 Å². The van der Waals surface area contributed by atoms with Gasteiger partial charge in [0, 0.05) is 0 Å². The van der Waals surface area contributed by atoms with Gasteiger partial charge in [-0.2, -0.15) is 0 Å². The molecule has 2 aliphatic heterocycles. The van der Waals surface area contributed by atoms with Crippen LogP contribution in [0.5, 0.6) is 0 Å². The zero-order valence-corrected chi connectivity index (χ0v) is 13.1. The maximum absolute atomic E-state index is 9.26.